The Labute approximate surface area is 188 Å². The van der Waals surface area contributed by atoms with Crippen LogP contribution in [0.5, 0.6) is 0 Å². The number of unbranched alkanes of at least 4 members (excludes halogenated alkanes) is 5. The zero-order valence-electron chi connectivity index (χ0n) is 17.3. The van der Waals surface area contributed by atoms with E-state index in [0.717, 1.165) is 29.9 Å². The van der Waals surface area contributed by atoms with E-state index in [0.29, 0.717) is 5.39 Å². The Morgan fingerprint density at radius 3 is 2.22 bits per heavy atom. The second-order valence-corrected chi connectivity index (χ2v) is 9.99. The van der Waals surface area contributed by atoms with Crippen molar-refractivity contribution < 1.29 is 35.5 Å². The minimum Gasteiger partial charge on any atom is -0.266 e. The summed E-state index contributed by atoms with van der Waals surface area (Å²) in [6.07, 6.45) is 6.87. The molecule has 0 saturated heterocycles. The molecule has 11 heteroatoms. The summed E-state index contributed by atoms with van der Waals surface area (Å²) in [6.45, 7) is 2.16. The maximum absolute atomic E-state index is 12.7. The zero-order chi connectivity index (χ0) is 23.5. The zero-order valence-corrected chi connectivity index (χ0v) is 18.9. The molecule has 0 radical (unpaired) electrons. The van der Waals surface area contributed by atoms with Crippen molar-refractivity contribution in [2.24, 2.45) is 0 Å². The van der Waals surface area contributed by atoms with Crippen molar-refractivity contribution in [1.29, 1.82) is 0 Å². The molecule has 2 aromatic carbocycles. The molecule has 174 valence electrons. The molecule has 1 heterocycles. The van der Waals surface area contributed by atoms with Crippen LogP contribution in [0.4, 0.5) is 13.2 Å². The van der Waals surface area contributed by atoms with Gasteiger partial charge in [-0.2, -0.15) is 21.6 Å². The average Bonchev–Trinajstić information content (AvgIpc) is 2.74. The predicted molar refractivity (Wildman–Crippen MR) is 115 cm³/mol. The first-order valence-electron chi connectivity index (χ1n) is 10.2. The second-order valence-electron chi connectivity index (χ2n) is 7.33. The van der Waals surface area contributed by atoms with Crippen molar-refractivity contribution in [2.75, 3.05) is 5.75 Å². The lowest BCUT2D eigenvalue weighted by Gasteiger charge is -2.26. The molecule has 2 amide bonds. The molecule has 6 nitrogen and oxygen atoms in total. The van der Waals surface area contributed by atoms with Gasteiger partial charge in [-0.3, -0.25) is 9.59 Å². The quantitative estimate of drug-likeness (QED) is 0.185. The van der Waals surface area contributed by atoms with Crippen LogP contribution >= 0.6 is 11.8 Å². The number of hydrogen-bond acceptors (Lipinski definition) is 6. The van der Waals surface area contributed by atoms with E-state index in [2.05, 4.69) is 11.2 Å². The van der Waals surface area contributed by atoms with Gasteiger partial charge in [-0.1, -0.05) is 51.2 Å². The normalized spacial score (nSPS) is 14.4. The van der Waals surface area contributed by atoms with Crippen LogP contribution in [0.1, 0.15) is 66.2 Å². The largest absolute Gasteiger partial charge is 0.525 e. The molecular formula is C21H22F3NO5S2. The Hall–Kier alpha value is -2.11. The number of hydroxylamine groups is 2. The lowest BCUT2D eigenvalue weighted by molar-refractivity contribution is -0.0761. The average molecular weight is 490 g/mol. The van der Waals surface area contributed by atoms with Crippen LogP contribution in [0.2, 0.25) is 0 Å². The van der Waals surface area contributed by atoms with Gasteiger partial charge in [-0.05, 0) is 35.8 Å². The van der Waals surface area contributed by atoms with Crippen LogP contribution in [-0.4, -0.2) is 36.6 Å². The summed E-state index contributed by atoms with van der Waals surface area (Å²) in [6, 6.07) is 7.59. The van der Waals surface area contributed by atoms with Crippen LogP contribution in [0.3, 0.4) is 0 Å². The summed E-state index contributed by atoms with van der Waals surface area (Å²) >= 11 is 1.57. The highest BCUT2D eigenvalue weighted by Crippen LogP contribution is 2.37. The number of benzene rings is 2. The number of thioether (sulfide) groups is 1. The van der Waals surface area contributed by atoms with E-state index >= 15 is 0 Å². The van der Waals surface area contributed by atoms with Crippen molar-refractivity contribution in [3.63, 3.8) is 0 Å². The third-order valence-corrected chi connectivity index (χ3v) is 7.11. The van der Waals surface area contributed by atoms with Gasteiger partial charge in [0.15, 0.2) is 0 Å². The van der Waals surface area contributed by atoms with E-state index in [1.165, 1.54) is 37.5 Å². The standard InChI is InChI=1S/C21H22F3NO5S2/c1-2-3-4-5-6-7-13-31-17-12-11-16-18-14(17)9-8-10-15(18)19(26)25(20(16)27)30-32(28,29)21(22,23)24/h8-12H,2-7,13H2,1H3. The summed E-state index contributed by atoms with van der Waals surface area (Å²) < 4.78 is 64.7. The summed E-state index contributed by atoms with van der Waals surface area (Å²) in [4.78, 5) is 26.1. The lowest BCUT2D eigenvalue weighted by Crippen LogP contribution is -2.44. The van der Waals surface area contributed by atoms with Gasteiger partial charge in [-0.25, -0.2) is 0 Å². The maximum atomic E-state index is 12.7. The highest BCUT2D eigenvalue weighted by molar-refractivity contribution is 7.99. The molecule has 1 aliphatic rings. The molecule has 0 saturated carbocycles. The monoisotopic (exact) mass is 489 g/mol. The van der Waals surface area contributed by atoms with E-state index in [1.807, 2.05) is 0 Å². The number of alkyl halides is 3. The molecule has 0 aliphatic carbocycles. The Morgan fingerprint density at radius 2 is 1.56 bits per heavy atom. The van der Waals surface area contributed by atoms with Crippen LogP contribution < -0.4 is 0 Å². The molecule has 0 bridgehead atoms. The molecule has 0 unspecified atom stereocenters. The third kappa shape index (κ3) is 4.94. The highest BCUT2D eigenvalue weighted by Gasteiger charge is 2.51. The van der Waals surface area contributed by atoms with Crippen LogP contribution in [0.25, 0.3) is 10.8 Å². The van der Waals surface area contributed by atoms with Crippen molar-refractivity contribution in [2.45, 2.75) is 55.9 Å². The number of carbonyl (C=O) groups excluding carboxylic acids is 2. The van der Waals surface area contributed by atoms with E-state index in [4.69, 9.17) is 0 Å². The van der Waals surface area contributed by atoms with Crippen LogP contribution in [0, 0.1) is 0 Å². The highest BCUT2D eigenvalue weighted by atomic mass is 32.2. The van der Waals surface area contributed by atoms with Crippen molar-refractivity contribution >= 4 is 44.5 Å². The van der Waals surface area contributed by atoms with Gasteiger partial charge in [0.1, 0.15) is 0 Å². The number of amides is 2. The first kappa shape index (κ1) is 24.5. The molecule has 32 heavy (non-hydrogen) atoms. The Bertz CT molecular complexity index is 1110. The van der Waals surface area contributed by atoms with Gasteiger partial charge in [0.2, 0.25) is 0 Å². The fraction of sp³-hybridized carbons (Fsp3) is 0.429. The smallest absolute Gasteiger partial charge is 0.266 e. The van der Waals surface area contributed by atoms with E-state index < -0.39 is 27.4 Å². The molecule has 0 fully saturated rings. The van der Waals surface area contributed by atoms with Crippen molar-refractivity contribution in [3.8, 4) is 0 Å². The minimum absolute atomic E-state index is 0.100. The number of hydrogen-bond donors (Lipinski definition) is 0. The summed E-state index contributed by atoms with van der Waals surface area (Å²) in [5.41, 5.74) is -5.98. The fourth-order valence-electron chi connectivity index (χ4n) is 3.45. The van der Waals surface area contributed by atoms with Gasteiger partial charge < -0.3 is 0 Å². The number of nitrogens with zero attached hydrogens (tertiary/aromatic N) is 1. The summed E-state index contributed by atoms with van der Waals surface area (Å²) in [7, 11) is -6.19. The number of halogens is 3. The topological polar surface area (TPSA) is 80.8 Å². The van der Waals surface area contributed by atoms with E-state index in [9.17, 15) is 31.2 Å². The second kappa shape index (κ2) is 9.80. The van der Waals surface area contributed by atoms with Crippen LogP contribution in [-0.2, 0) is 14.4 Å². The van der Waals surface area contributed by atoms with Gasteiger partial charge in [-0.15, -0.1) is 21.1 Å². The van der Waals surface area contributed by atoms with Gasteiger partial charge >= 0.3 is 15.6 Å². The molecule has 2 aromatic rings. The lowest BCUT2D eigenvalue weighted by atomic mass is 9.95. The number of rotatable bonds is 10. The van der Waals surface area contributed by atoms with E-state index in [-0.39, 0.29) is 21.6 Å². The van der Waals surface area contributed by atoms with Gasteiger partial charge in [0, 0.05) is 10.3 Å². The predicted octanol–water partition coefficient (Wildman–Crippen LogP) is 5.67. The van der Waals surface area contributed by atoms with Gasteiger partial charge in [0.25, 0.3) is 11.8 Å². The number of imide groups is 1. The molecule has 3 rings (SSSR count). The van der Waals surface area contributed by atoms with Crippen molar-refractivity contribution in [1.82, 2.24) is 5.06 Å². The molecule has 0 N–H and O–H groups in total. The van der Waals surface area contributed by atoms with Gasteiger partial charge in [0.05, 0.1) is 11.1 Å². The van der Waals surface area contributed by atoms with Crippen LogP contribution in [0.15, 0.2) is 35.2 Å². The summed E-state index contributed by atoms with van der Waals surface area (Å²) in [5.74, 6) is -1.69. The fourth-order valence-corrected chi connectivity index (χ4v) is 4.92. The molecule has 0 aromatic heterocycles. The Kier molecular flexibility index (Phi) is 7.51. The third-order valence-electron chi connectivity index (χ3n) is 5.04. The minimum atomic E-state index is -6.19. The number of carbonyl (C=O) groups is 2. The van der Waals surface area contributed by atoms with Crippen molar-refractivity contribution in [3.05, 3.63) is 41.5 Å². The Balaban J connectivity index is 1.84. The molecule has 1 aliphatic heterocycles. The molecular weight excluding hydrogens is 467 g/mol. The first-order chi connectivity index (χ1) is 15.1. The van der Waals surface area contributed by atoms with E-state index in [1.54, 1.807) is 23.9 Å². The maximum Gasteiger partial charge on any atom is 0.525 e. The Morgan fingerprint density at radius 1 is 0.938 bits per heavy atom. The summed E-state index contributed by atoms with van der Waals surface area (Å²) in [5, 5.41) is 0.541. The molecule has 0 spiro atoms. The molecule has 0 atom stereocenters. The SMILES string of the molecule is CCCCCCCCSc1ccc2c3c(cccc13)C(=O)N(OS(=O)(=O)C(F)(F)F)C2=O. The first-order valence-corrected chi connectivity index (χ1v) is 12.6.